The number of carbonyl (C=O) groups excluding carboxylic acids is 1. The minimum atomic E-state index is -0.248. The SMILES string of the molecule is CN1CCc2[nH]nc(C(=O)N3CCCCC3c3ccc(F)cc3)c2C1. The zero-order valence-electron chi connectivity index (χ0n) is 14.5. The van der Waals surface area contributed by atoms with Crippen molar-refractivity contribution >= 4 is 5.91 Å². The first-order valence-electron chi connectivity index (χ1n) is 8.94. The van der Waals surface area contributed by atoms with E-state index in [4.69, 9.17) is 0 Å². The van der Waals surface area contributed by atoms with Gasteiger partial charge in [-0.3, -0.25) is 9.89 Å². The Morgan fingerprint density at radius 3 is 2.84 bits per heavy atom. The molecule has 5 nitrogen and oxygen atoms in total. The number of hydrogen-bond donors (Lipinski definition) is 1. The number of fused-ring (bicyclic) bond motifs is 1. The van der Waals surface area contributed by atoms with Crippen LogP contribution >= 0.6 is 0 Å². The van der Waals surface area contributed by atoms with Crippen molar-refractivity contribution in [3.8, 4) is 0 Å². The number of carbonyl (C=O) groups is 1. The van der Waals surface area contributed by atoms with Crippen LogP contribution in [0.15, 0.2) is 24.3 Å². The van der Waals surface area contributed by atoms with Gasteiger partial charge in [0.05, 0.1) is 6.04 Å². The van der Waals surface area contributed by atoms with E-state index >= 15 is 0 Å². The molecular formula is C19H23FN4O. The maximum absolute atomic E-state index is 13.3. The number of rotatable bonds is 2. The first kappa shape index (κ1) is 16.3. The van der Waals surface area contributed by atoms with E-state index < -0.39 is 0 Å². The highest BCUT2D eigenvalue weighted by atomic mass is 19.1. The van der Waals surface area contributed by atoms with Gasteiger partial charge in [0.25, 0.3) is 5.91 Å². The third-order valence-electron chi connectivity index (χ3n) is 5.35. The number of benzene rings is 1. The summed E-state index contributed by atoms with van der Waals surface area (Å²) >= 11 is 0. The predicted octanol–water partition coefficient (Wildman–Crippen LogP) is 2.90. The zero-order valence-corrected chi connectivity index (χ0v) is 14.5. The van der Waals surface area contributed by atoms with E-state index in [0.717, 1.165) is 62.1 Å². The fourth-order valence-corrected chi connectivity index (χ4v) is 3.95. The summed E-state index contributed by atoms with van der Waals surface area (Å²) < 4.78 is 13.3. The van der Waals surface area contributed by atoms with E-state index in [1.54, 1.807) is 12.1 Å². The van der Waals surface area contributed by atoms with Crippen molar-refractivity contribution in [2.45, 2.75) is 38.3 Å². The van der Waals surface area contributed by atoms with E-state index in [0.29, 0.717) is 5.69 Å². The molecule has 1 aromatic heterocycles. The molecule has 0 aliphatic carbocycles. The fourth-order valence-electron chi connectivity index (χ4n) is 3.95. The normalized spacial score (nSPS) is 21.2. The van der Waals surface area contributed by atoms with Gasteiger partial charge in [-0.2, -0.15) is 5.10 Å². The first-order valence-corrected chi connectivity index (χ1v) is 8.94. The van der Waals surface area contributed by atoms with Crippen LogP contribution in [0.4, 0.5) is 4.39 Å². The Bertz CT molecular complexity index is 770. The Morgan fingerprint density at radius 2 is 2.04 bits per heavy atom. The summed E-state index contributed by atoms with van der Waals surface area (Å²) in [5.74, 6) is -0.260. The van der Waals surface area contributed by atoms with E-state index in [2.05, 4.69) is 22.1 Å². The minimum absolute atomic E-state index is 0.00415. The lowest BCUT2D eigenvalue weighted by Crippen LogP contribution is -2.39. The number of amides is 1. The summed E-state index contributed by atoms with van der Waals surface area (Å²) in [5.41, 5.74) is 3.66. The fraction of sp³-hybridized carbons (Fsp3) is 0.474. The van der Waals surface area contributed by atoms with Gasteiger partial charge in [0.2, 0.25) is 0 Å². The van der Waals surface area contributed by atoms with Crippen molar-refractivity contribution in [1.29, 1.82) is 0 Å². The second-order valence-corrected chi connectivity index (χ2v) is 7.08. The predicted molar refractivity (Wildman–Crippen MR) is 92.7 cm³/mol. The summed E-state index contributed by atoms with van der Waals surface area (Å²) in [5, 5.41) is 7.40. The summed E-state index contributed by atoms with van der Waals surface area (Å²) in [6, 6.07) is 6.52. The monoisotopic (exact) mass is 342 g/mol. The van der Waals surface area contributed by atoms with Gasteiger partial charge in [-0.1, -0.05) is 12.1 Å². The second kappa shape index (κ2) is 6.59. The van der Waals surface area contributed by atoms with Crippen molar-refractivity contribution in [1.82, 2.24) is 20.0 Å². The lowest BCUT2D eigenvalue weighted by atomic mass is 9.94. The standard InChI is InChI=1S/C19H23FN4O/c1-23-11-9-16-15(12-23)18(22-21-16)19(25)24-10-3-2-4-17(24)13-5-7-14(20)8-6-13/h5-8,17H,2-4,9-12H2,1H3,(H,21,22). The molecule has 2 aliphatic rings. The number of piperidine rings is 1. The molecule has 132 valence electrons. The van der Waals surface area contributed by atoms with Crippen LogP contribution in [0, 0.1) is 5.82 Å². The van der Waals surface area contributed by atoms with E-state index in [-0.39, 0.29) is 17.8 Å². The maximum atomic E-state index is 13.3. The Kier molecular flexibility index (Phi) is 4.29. The van der Waals surface area contributed by atoms with Gasteiger partial charge in [-0.05, 0) is 44.0 Å². The Labute approximate surface area is 146 Å². The highest BCUT2D eigenvalue weighted by Crippen LogP contribution is 2.33. The molecule has 2 aliphatic heterocycles. The number of nitrogens with one attached hydrogen (secondary N) is 1. The molecule has 3 heterocycles. The van der Waals surface area contributed by atoms with Gasteiger partial charge >= 0.3 is 0 Å². The Balaban J connectivity index is 1.64. The van der Waals surface area contributed by atoms with E-state index in [1.165, 1.54) is 12.1 Å². The number of aromatic nitrogens is 2. The molecule has 6 heteroatoms. The van der Waals surface area contributed by atoms with E-state index in [1.807, 2.05) is 4.90 Å². The largest absolute Gasteiger partial charge is 0.330 e. The second-order valence-electron chi connectivity index (χ2n) is 7.08. The molecule has 1 aromatic carbocycles. The van der Waals surface area contributed by atoms with E-state index in [9.17, 15) is 9.18 Å². The molecule has 4 rings (SSSR count). The Hall–Kier alpha value is -2.21. The number of likely N-dealkylation sites (tertiary alicyclic amines) is 1. The molecule has 1 N–H and O–H groups in total. The first-order chi connectivity index (χ1) is 12.1. The van der Waals surface area contributed by atoms with Crippen LogP contribution in [0.1, 0.15) is 52.6 Å². The highest BCUT2D eigenvalue weighted by molar-refractivity contribution is 5.94. The molecule has 1 unspecified atom stereocenters. The highest BCUT2D eigenvalue weighted by Gasteiger charge is 2.33. The van der Waals surface area contributed by atoms with Gasteiger partial charge in [0, 0.05) is 37.3 Å². The van der Waals surface area contributed by atoms with Crippen molar-refractivity contribution < 1.29 is 9.18 Å². The van der Waals surface area contributed by atoms with Crippen molar-refractivity contribution in [3.63, 3.8) is 0 Å². The van der Waals surface area contributed by atoms with Gasteiger partial charge < -0.3 is 9.80 Å². The summed E-state index contributed by atoms with van der Waals surface area (Å²) in [6.07, 6.45) is 3.88. The van der Waals surface area contributed by atoms with Crippen molar-refractivity contribution in [3.05, 3.63) is 52.6 Å². The molecule has 0 spiro atoms. The van der Waals surface area contributed by atoms with Gasteiger partial charge in [0.15, 0.2) is 5.69 Å². The topological polar surface area (TPSA) is 52.2 Å². The van der Waals surface area contributed by atoms with Crippen LogP contribution in [0.5, 0.6) is 0 Å². The summed E-state index contributed by atoms with van der Waals surface area (Å²) in [7, 11) is 2.06. The summed E-state index contributed by atoms with van der Waals surface area (Å²) in [4.78, 5) is 17.4. The van der Waals surface area contributed by atoms with Gasteiger partial charge in [0.1, 0.15) is 5.82 Å². The van der Waals surface area contributed by atoms with Crippen LogP contribution in [-0.2, 0) is 13.0 Å². The number of nitrogens with zero attached hydrogens (tertiary/aromatic N) is 3. The third kappa shape index (κ3) is 3.06. The van der Waals surface area contributed by atoms with Crippen LogP contribution in [0.3, 0.4) is 0 Å². The van der Waals surface area contributed by atoms with Crippen molar-refractivity contribution in [2.75, 3.05) is 20.1 Å². The number of aromatic amines is 1. The smallest absolute Gasteiger partial charge is 0.275 e. The van der Waals surface area contributed by atoms with Gasteiger partial charge in [-0.25, -0.2) is 4.39 Å². The molecule has 1 atom stereocenters. The lowest BCUT2D eigenvalue weighted by molar-refractivity contribution is 0.0603. The molecular weight excluding hydrogens is 319 g/mol. The van der Waals surface area contributed by atoms with Crippen LogP contribution in [0.2, 0.25) is 0 Å². The molecule has 0 bridgehead atoms. The molecule has 25 heavy (non-hydrogen) atoms. The van der Waals surface area contributed by atoms with Crippen LogP contribution in [0.25, 0.3) is 0 Å². The molecule has 1 fully saturated rings. The lowest BCUT2D eigenvalue weighted by Gasteiger charge is -2.36. The maximum Gasteiger partial charge on any atom is 0.275 e. The Morgan fingerprint density at radius 1 is 1.24 bits per heavy atom. The third-order valence-corrected chi connectivity index (χ3v) is 5.35. The molecule has 0 radical (unpaired) electrons. The number of halogens is 1. The molecule has 2 aromatic rings. The minimum Gasteiger partial charge on any atom is -0.330 e. The van der Waals surface area contributed by atoms with Gasteiger partial charge in [-0.15, -0.1) is 0 Å². The average molecular weight is 342 g/mol. The molecule has 1 saturated heterocycles. The number of hydrogen-bond acceptors (Lipinski definition) is 3. The van der Waals surface area contributed by atoms with Crippen LogP contribution in [-0.4, -0.2) is 46.0 Å². The summed E-state index contributed by atoms with van der Waals surface area (Å²) in [6.45, 7) is 2.45. The average Bonchev–Trinajstić information content (AvgIpc) is 3.05. The van der Waals surface area contributed by atoms with Crippen LogP contribution < -0.4 is 0 Å². The number of likely N-dealkylation sites (N-methyl/N-ethyl adjacent to an activating group) is 1. The molecule has 0 saturated carbocycles. The van der Waals surface area contributed by atoms with Crippen molar-refractivity contribution in [2.24, 2.45) is 0 Å². The number of H-pyrrole nitrogens is 1. The zero-order chi connectivity index (χ0) is 17.4. The quantitative estimate of drug-likeness (QED) is 0.913. The molecule has 1 amide bonds.